The minimum Gasteiger partial charge on any atom is -0.431 e. The van der Waals surface area contributed by atoms with Crippen LogP contribution in [0.3, 0.4) is 0 Å². The summed E-state index contributed by atoms with van der Waals surface area (Å²) in [6, 6.07) is 6.61. The van der Waals surface area contributed by atoms with Gasteiger partial charge in [0.1, 0.15) is 5.56 Å². The molecule has 0 fully saturated rings. The number of sulfonamides is 1. The second-order valence-electron chi connectivity index (χ2n) is 4.63. The second-order valence-corrected chi connectivity index (χ2v) is 6.46. The smallest absolute Gasteiger partial charge is 0.368 e. The maximum atomic E-state index is 12.1. The number of fused-ring (bicyclic) bond motifs is 1. The zero-order chi connectivity index (χ0) is 17.6. The number of hydroxylamine groups is 2. The molecule has 9 nitrogen and oxygen atoms in total. The molecule has 2 aromatic rings. The summed E-state index contributed by atoms with van der Waals surface area (Å²) in [7, 11) is -4.24. The van der Waals surface area contributed by atoms with E-state index < -0.39 is 43.7 Å². The Morgan fingerprint density at radius 1 is 1.17 bits per heavy atom. The van der Waals surface area contributed by atoms with E-state index in [1.807, 2.05) is 0 Å². The second kappa shape index (κ2) is 5.44. The van der Waals surface area contributed by atoms with Gasteiger partial charge in [0, 0.05) is 6.07 Å². The summed E-state index contributed by atoms with van der Waals surface area (Å²) in [5.41, 5.74) is -0.366. The molecule has 1 aromatic carbocycles. The van der Waals surface area contributed by atoms with Crippen LogP contribution in [0.5, 0.6) is 0 Å². The predicted molar refractivity (Wildman–Crippen MR) is 77.4 cm³/mol. The van der Waals surface area contributed by atoms with Gasteiger partial charge in [-0.1, -0.05) is 17.2 Å². The number of imide groups is 1. The third-order valence-corrected chi connectivity index (χ3v) is 4.14. The van der Waals surface area contributed by atoms with Crippen LogP contribution >= 0.6 is 11.6 Å². The first-order valence-corrected chi connectivity index (χ1v) is 8.15. The molecular weight excluding hydrogens is 364 g/mol. The summed E-state index contributed by atoms with van der Waals surface area (Å²) in [6.07, 6.45) is 0. The average molecular weight is 371 g/mol. The van der Waals surface area contributed by atoms with Crippen molar-refractivity contribution in [3.05, 3.63) is 52.2 Å². The van der Waals surface area contributed by atoms with Crippen LogP contribution in [0.4, 0.5) is 0 Å². The van der Waals surface area contributed by atoms with Crippen molar-refractivity contribution in [2.45, 2.75) is 5.09 Å². The molecule has 1 aliphatic rings. The molecule has 0 spiro atoms. The third-order valence-electron chi connectivity index (χ3n) is 3.10. The van der Waals surface area contributed by atoms with Gasteiger partial charge in [0.15, 0.2) is 0 Å². The van der Waals surface area contributed by atoms with E-state index in [-0.39, 0.29) is 16.2 Å². The fourth-order valence-electron chi connectivity index (χ4n) is 2.01. The number of hydrogen-bond acceptors (Lipinski definition) is 7. The van der Waals surface area contributed by atoms with Gasteiger partial charge in [-0.3, -0.25) is 9.59 Å². The molecule has 124 valence electrons. The maximum absolute atomic E-state index is 12.1. The first kappa shape index (κ1) is 16.2. The lowest BCUT2D eigenvalue weighted by Gasteiger charge is -2.11. The summed E-state index contributed by atoms with van der Waals surface area (Å²) in [6.45, 7) is 0. The fourth-order valence-corrected chi connectivity index (χ4v) is 2.75. The van der Waals surface area contributed by atoms with Crippen LogP contribution < -0.4 is 5.14 Å². The van der Waals surface area contributed by atoms with Crippen LogP contribution in [0.1, 0.15) is 31.1 Å². The predicted octanol–water partition coefficient (Wildman–Crippen LogP) is 0.948. The summed E-state index contributed by atoms with van der Waals surface area (Å²) < 4.78 is 27.0. The topological polar surface area (TPSA) is 137 Å². The van der Waals surface area contributed by atoms with Crippen molar-refractivity contribution in [2.75, 3.05) is 0 Å². The van der Waals surface area contributed by atoms with E-state index >= 15 is 0 Å². The first-order chi connectivity index (χ1) is 11.2. The monoisotopic (exact) mass is 370 g/mol. The van der Waals surface area contributed by atoms with Crippen LogP contribution in [0.2, 0.25) is 5.22 Å². The lowest BCUT2D eigenvalue weighted by atomic mass is 10.1. The number of carbonyl (C=O) groups excluding carboxylic acids is 3. The Balaban J connectivity index is 1.88. The van der Waals surface area contributed by atoms with Crippen LogP contribution in [-0.4, -0.2) is 31.3 Å². The molecule has 2 amide bonds. The van der Waals surface area contributed by atoms with Crippen molar-refractivity contribution in [3.8, 4) is 0 Å². The SMILES string of the molecule is NS(=O)(=O)c1cc(C(=O)ON2C(=O)c3ccccc3C2=O)c(Cl)o1. The van der Waals surface area contributed by atoms with Gasteiger partial charge in [-0.05, 0) is 23.7 Å². The molecule has 0 radical (unpaired) electrons. The number of nitrogens with zero attached hydrogens (tertiary/aromatic N) is 1. The van der Waals surface area contributed by atoms with E-state index in [4.69, 9.17) is 21.6 Å². The Kier molecular flexibility index (Phi) is 3.67. The fraction of sp³-hybridized carbons (Fsp3) is 0. The highest BCUT2D eigenvalue weighted by Crippen LogP contribution is 2.27. The molecule has 3 rings (SSSR count). The number of furan rings is 1. The van der Waals surface area contributed by atoms with E-state index in [1.165, 1.54) is 12.1 Å². The zero-order valence-corrected chi connectivity index (χ0v) is 13.1. The normalized spacial score (nSPS) is 14.0. The van der Waals surface area contributed by atoms with Gasteiger partial charge < -0.3 is 9.25 Å². The molecule has 0 atom stereocenters. The molecule has 2 N–H and O–H groups in total. The van der Waals surface area contributed by atoms with Crippen molar-refractivity contribution in [1.82, 2.24) is 5.06 Å². The largest absolute Gasteiger partial charge is 0.431 e. The third kappa shape index (κ3) is 2.56. The van der Waals surface area contributed by atoms with Crippen LogP contribution in [-0.2, 0) is 14.9 Å². The van der Waals surface area contributed by atoms with Crippen molar-refractivity contribution >= 4 is 39.4 Å². The number of benzene rings is 1. The van der Waals surface area contributed by atoms with Gasteiger partial charge >= 0.3 is 5.97 Å². The number of amides is 2. The molecule has 11 heteroatoms. The molecule has 0 saturated heterocycles. The number of carbonyl (C=O) groups is 3. The molecule has 24 heavy (non-hydrogen) atoms. The van der Waals surface area contributed by atoms with Crippen molar-refractivity contribution in [3.63, 3.8) is 0 Å². The van der Waals surface area contributed by atoms with E-state index in [9.17, 15) is 22.8 Å². The van der Waals surface area contributed by atoms with Gasteiger partial charge in [0.05, 0.1) is 11.1 Å². The van der Waals surface area contributed by atoms with Crippen LogP contribution in [0, 0.1) is 0 Å². The lowest BCUT2D eigenvalue weighted by Crippen LogP contribution is -2.32. The highest BCUT2D eigenvalue weighted by Gasteiger charge is 2.39. The number of halogens is 1. The van der Waals surface area contributed by atoms with E-state index in [1.54, 1.807) is 12.1 Å². The van der Waals surface area contributed by atoms with Gasteiger partial charge in [-0.2, -0.15) is 0 Å². The minimum absolute atomic E-state index is 0.0683. The Hall–Kier alpha value is -2.69. The summed E-state index contributed by atoms with van der Waals surface area (Å²) >= 11 is 5.62. The minimum atomic E-state index is -4.24. The summed E-state index contributed by atoms with van der Waals surface area (Å²) in [5, 5.41) is 3.74. The van der Waals surface area contributed by atoms with Gasteiger partial charge in [0.2, 0.25) is 10.3 Å². The van der Waals surface area contributed by atoms with Gasteiger partial charge in [-0.25, -0.2) is 18.4 Å². The van der Waals surface area contributed by atoms with Gasteiger partial charge in [-0.15, -0.1) is 0 Å². The highest BCUT2D eigenvalue weighted by atomic mass is 35.5. The van der Waals surface area contributed by atoms with E-state index in [0.29, 0.717) is 0 Å². The molecule has 2 heterocycles. The summed E-state index contributed by atoms with van der Waals surface area (Å²) in [5.74, 6) is -2.93. The Morgan fingerprint density at radius 3 is 2.17 bits per heavy atom. The first-order valence-electron chi connectivity index (χ1n) is 6.22. The molecule has 0 aliphatic carbocycles. The quantitative estimate of drug-likeness (QED) is 0.794. The van der Waals surface area contributed by atoms with E-state index in [0.717, 1.165) is 6.07 Å². The highest BCUT2D eigenvalue weighted by molar-refractivity contribution is 7.89. The maximum Gasteiger partial charge on any atom is 0.368 e. The van der Waals surface area contributed by atoms with Gasteiger partial charge in [0.25, 0.3) is 21.8 Å². The van der Waals surface area contributed by atoms with Crippen LogP contribution in [0.15, 0.2) is 39.8 Å². The average Bonchev–Trinajstić information content (AvgIpc) is 3.02. The molecular formula is C13H7ClN2O7S. The van der Waals surface area contributed by atoms with E-state index in [2.05, 4.69) is 4.42 Å². The Labute approximate surface area is 139 Å². The van der Waals surface area contributed by atoms with Crippen molar-refractivity contribution in [1.29, 1.82) is 0 Å². The Morgan fingerprint density at radius 2 is 1.71 bits per heavy atom. The standard InChI is InChI=1S/C13H7ClN2O7S/c14-10-8(5-9(22-10)24(15,20)21)13(19)23-16-11(17)6-3-1-2-4-7(6)12(16)18/h1-5H,(H2,15,20,21). The molecule has 1 aromatic heterocycles. The van der Waals surface area contributed by atoms with Crippen molar-refractivity contribution in [2.24, 2.45) is 5.14 Å². The molecule has 1 aliphatic heterocycles. The molecule has 0 saturated carbocycles. The number of primary sulfonamides is 1. The van der Waals surface area contributed by atoms with Crippen molar-refractivity contribution < 1.29 is 32.1 Å². The Bertz CT molecular complexity index is 960. The number of rotatable bonds is 3. The molecule has 0 bridgehead atoms. The van der Waals surface area contributed by atoms with Crippen LogP contribution in [0.25, 0.3) is 0 Å². The zero-order valence-electron chi connectivity index (χ0n) is 11.6. The summed E-state index contributed by atoms with van der Waals surface area (Å²) in [4.78, 5) is 40.9. The molecule has 0 unspecified atom stereocenters. The lowest BCUT2D eigenvalue weighted by molar-refractivity contribution is -0.0584. The number of hydrogen-bond donors (Lipinski definition) is 1. The number of nitrogens with two attached hydrogens (primary N) is 1.